The molecule has 2 rings (SSSR count). The summed E-state index contributed by atoms with van der Waals surface area (Å²) >= 11 is 2.10. The van der Waals surface area contributed by atoms with E-state index in [0.717, 1.165) is 20.4 Å². The molecule has 1 aromatic carbocycles. The Hall–Kier alpha value is -1.84. The summed E-state index contributed by atoms with van der Waals surface area (Å²) in [4.78, 5) is 23.5. The van der Waals surface area contributed by atoms with Crippen LogP contribution in [0.3, 0.4) is 0 Å². The molecule has 0 bridgehead atoms. The molecule has 2 aromatic rings. The molecule has 0 saturated heterocycles. The van der Waals surface area contributed by atoms with E-state index in [-0.39, 0.29) is 0 Å². The number of benzene rings is 1. The van der Waals surface area contributed by atoms with Crippen molar-refractivity contribution in [2.75, 3.05) is 5.32 Å². The van der Waals surface area contributed by atoms with Crippen LogP contribution in [0, 0.1) is 3.57 Å². The van der Waals surface area contributed by atoms with Crippen molar-refractivity contribution in [1.82, 2.24) is 4.57 Å². The Morgan fingerprint density at radius 2 is 1.82 bits per heavy atom. The number of carbonyl (C=O) groups excluding carboxylic acids is 1. The molecule has 0 fully saturated rings. The second-order valence-electron chi connectivity index (χ2n) is 4.41. The van der Waals surface area contributed by atoms with Crippen LogP contribution in [0.5, 0.6) is 0 Å². The average molecular weight is 422 g/mol. The van der Waals surface area contributed by atoms with Crippen molar-refractivity contribution in [2.24, 2.45) is 0 Å². The van der Waals surface area contributed by atoms with Crippen LogP contribution in [0.2, 0.25) is 0 Å². The number of aromatic nitrogens is 1. The van der Waals surface area contributed by atoms with Crippen LogP contribution in [0.4, 0.5) is 18.9 Å². The van der Waals surface area contributed by atoms with Gasteiger partial charge in [-0.1, -0.05) is 0 Å². The van der Waals surface area contributed by atoms with E-state index < -0.39 is 29.8 Å². The first-order valence-corrected chi connectivity index (χ1v) is 7.17. The Kier molecular flexibility index (Phi) is 4.89. The molecule has 1 heterocycles. The maximum absolute atomic E-state index is 12.6. The van der Waals surface area contributed by atoms with Crippen LogP contribution in [0.25, 0.3) is 0 Å². The first-order chi connectivity index (χ1) is 10.3. The number of nitrogens with zero attached hydrogens (tertiary/aromatic N) is 1. The summed E-state index contributed by atoms with van der Waals surface area (Å²) in [6.07, 6.45) is -3.60. The van der Waals surface area contributed by atoms with Crippen LogP contribution in [-0.4, -0.2) is 10.5 Å². The van der Waals surface area contributed by atoms with Gasteiger partial charge in [-0.05, 0) is 59.0 Å². The van der Waals surface area contributed by atoms with E-state index in [4.69, 9.17) is 0 Å². The van der Waals surface area contributed by atoms with Crippen molar-refractivity contribution in [2.45, 2.75) is 12.7 Å². The summed E-state index contributed by atoms with van der Waals surface area (Å²) in [6, 6.07) is 8.64. The molecule has 0 atom stereocenters. The molecular weight excluding hydrogens is 412 g/mol. The summed E-state index contributed by atoms with van der Waals surface area (Å²) in [6.45, 7) is -0.491. The maximum atomic E-state index is 12.6. The minimum Gasteiger partial charge on any atom is -0.325 e. The molecule has 4 nitrogen and oxygen atoms in total. The van der Waals surface area contributed by atoms with E-state index in [1.165, 1.54) is 0 Å². The van der Waals surface area contributed by atoms with E-state index >= 15 is 0 Å². The van der Waals surface area contributed by atoms with Gasteiger partial charge in [-0.3, -0.25) is 9.59 Å². The molecule has 0 saturated carbocycles. The zero-order valence-electron chi connectivity index (χ0n) is 11.0. The fourth-order valence-corrected chi connectivity index (χ4v) is 2.13. The van der Waals surface area contributed by atoms with E-state index in [1.54, 1.807) is 24.3 Å². The molecule has 8 heteroatoms. The number of amides is 1. The molecular formula is C14H10F3IN2O2. The number of anilines is 1. The highest BCUT2D eigenvalue weighted by Crippen LogP contribution is 2.25. The number of hydrogen-bond donors (Lipinski definition) is 1. The number of pyridine rings is 1. The lowest BCUT2D eigenvalue weighted by Gasteiger charge is -2.10. The SMILES string of the molecule is O=C(Cn1cccc(C(F)(F)F)c1=O)Nc1ccc(I)cc1. The summed E-state index contributed by atoms with van der Waals surface area (Å²) in [5.41, 5.74) is -2.03. The van der Waals surface area contributed by atoms with Gasteiger partial charge in [-0.25, -0.2) is 0 Å². The number of hydrogen-bond acceptors (Lipinski definition) is 2. The van der Waals surface area contributed by atoms with E-state index in [2.05, 4.69) is 27.9 Å². The van der Waals surface area contributed by atoms with Crippen LogP contribution < -0.4 is 10.9 Å². The van der Waals surface area contributed by atoms with Gasteiger partial charge in [0.05, 0.1) is 0 Å². The predicted octanol–water partition coefficient (Wildman–Crippen LogP) is 3.11. The van der Waals surface area contributed by atoms with Gasteiger partial charge in [0.2, 0.25) is 5.91 Å². The fraction of sp³-hybridized carbons (Fsp3) is 0.143. The molecule has 22 heavy (non-hydrogen) atoms. The van der Waals surface area contributed by atoms with Gasteiger partial charge in [0.25, 0.3) is 5.56 Å². The Bertz CT molecular complexity index is 739. The maximum Gasteiger partial charge on any atom is 0.421 e. The second kappa shape index (κ2) is 6.51. The quantitative estimate of drug-likeness (QED) is 0.774. The van der Waals surface area contributed by atoms with Gasteiger partial charge in [0.1, 0.15) is 12.1 Å². The third kappa shape index (κ3) is 4.09. The van der Waals surface area contributed by atoms with E-state index in [0.29, 0.717) is 11.8 Å². The smallest absolute Gasteiger partial charge is 0.325 e. The first-order valence-electron chi connectivity index (χ1n) is 6.09. The minimum atomic E-state index is -4.74. The molecule has 0 spiro atoms. The van der Waals surface area contributed by atoms with Gasteiger partial charge in [0.15, 0.2) is 0 Å². The Morgan fingerprint density at radius 1 is 1.18 bits per heavy atom. The first kappa shape index (κ1) is 16.5. The monoisotopic (exact) mass is 422 g/mol. The van der Waals surface area contributed by atoms with Gasteiger partial charge >= 0.3 is 6.18 Å². The Morgan fingerprint density at radius 3 is 2.41 bits per heavy atom. The second-order valence-corrected chi connectivity index (χ2v) is 5.65. The van der Waals surface area contributed by atoms with Gasteiger partial charge < -0.3 is 9.88 Å². The summed E-state index contributed by atoms with van der Waals surface area (Å²) in [5, 5.41) is 2.52. The molecule has 0 radical (unpaired) electrons. The largest absolute Gasteiger partial charge is 0.421 e. The van der Waals surface area contributed by atoms with Crippen molar-refractivity contribution >= 4 is 34.2 Å². The molecule has 0 aliphatic carbocycles. The number of halogens is 4. The lowest BCUT2D eigenvalue weighted by atomic mass is 10.2. The number of rotatable bonds is 3. The number of alkyl halides is 3. The van der Waals surface area contributed by atoms with Crippen molar-refractivity contribution in [3.05, 3.63) is 62.1 Å². The molecule has 0 aliphatic heterocycles. The van der Waals surface area contributed by atoms with Crippen LogP contribution in [0.15, 0.2) is 47.4 Å². The summed E-state index contributed by atoms with van der Waals surface area (Å²) in [5.74, 6) is -0.581. The molecule has 1 aromatic heterocycles. The molecule has 1 N–H and O–H groups in total. The summed E-state index contributed by atoms with van der Waals surface area (Å²) in [7, 11) is 0. The van der Waals surface area contributed by atoms with Crippen molar-refractivity contribution in [3.8, 4) is 0 Å². The standard InChI is InChI=1S/C14H10F3IN2O2/c15-14(16,17)11-2-1-7-20(13(11)22)8-12(21)19-10-5-3-9(18)4-6-10/h1-7H,8H2,(H,19,21). The zero-order chi connectivity index (χ0) is 16.3. The number of carbonyl (C=O) groups is 1. The lowest BCUT2D eigenvalue weighted by molar-refractivity contribution is -0.139. The third-order valence-electron chi connectivity index (χ3n) is 2.77. The minimum absolute atomic E-state index is 0.491. The molecule has 0 unspecified atom stereocenters. The van der Waals surface area contributed by atoms with Gasteiger partial charge in [-0.15, -0.1) is 0 Å². The number of nitrogens with one attached hydrogen (secondary N) is 1. The van der Waals surface area contributed by atoms with E-state index in [1.807, 2.05) is 0 Å². The van der Waals surface area contributed by atoms with E-state index in [9.17, 15) is 22.8 Å². The Labute approximate surface area is 137 Å². The molecule has 1 amide bonds. The third-order valence-corrected chi connectivity index (χ3v) is 3.49. The highest BCUT2D eigenvalue weighted by atomic mass is 127. The normalized spacial score (nSPS) is 11.3. The van der Waals surface area contributed by atoms with Crippen LogP contribution in [-0.2, 0) is 17.5 Å². The topological polar surface area (TPSA) is 51.1 Å². The van der Waals surface area contributed by atoms with Crippen LogP contribution >= 0.6 is 22.6 Å². The van der Waals surface area contributed by atoms with Crippen molar-refractivity contribution < 1.29 is 18.0 Å². The highest BCUT2D eigenvalue weighted by Gasteiger charge is 2.34. The fourth-order valence-electron chi connectivity index (χ4n) is 1.77. The lowest BCUT2D eigenvalue weighted by Crippen LogP contribution is -2.31. The summed E-state index contributed by atoms with van der Waals surface area (Å²) < 4.78 is 39.6. The average Bonchev–Trinajstić information content (AvgIpc) is 2.42. The molecule has 116 valence electrons. The Balaban J connectivity index is 2.15. The van der Waals surface area contributed by atoms with Crippen molar-refractivity contribution in [1.29, 1.82) is 0 Å². The van der Waals surface area contributed by atoms with Gasteiger partial charge in [-0.2, -0.15) is 13.2 Å². The van der Waals surface area contributed by atoms with Crippen LogP contribution in [0.1, 0.15) is 5.56 Å². The van der Waals surface area contributed by atoms with Gasteiger partial charge in [0, 0.05) is 15.5 Å². The zero-order valence-corrected chi connectivity index (χ0v) is 13.2. The highest BCUT2D eigenvalue weighted by molar-refractivity contribution is 14.1. The van der Waals surface area contributed by atoms with Crippen molar-refractivity contribution in [3.63, 3.8) is 0 Å². The predicted molar refractivity (Wildman–Crippen MR) is 83.5 cm³/mol. The molecule has 0 aliphatic rings.